The van der Waals surface area contributed by atoms with Crippen molar-refractivity contribution in [1.82, 2.24) is 20.0 Å². The maximum absolute atomic E-state index is 13.8. The van der Waals surface area contributed by atoms with Crippen LogP contribution in [0.3, 0.4) is 0 Å². The zero-order chi connectivity index (χ0) is 22.1. The van der Waals surface area contributed by atoms with Crippen LogP contribution in [0.2, 0.25) is 0 Å². The molecule has 3 aromatic rings. The molecule has 1 N–H and O–H groups in total. The minimum Gasteiger partial charge on any atom is -0.487 e. The first kappa shape index (κ1) is 20.9. The maximum Gasteiger partial charge on any atom is 0.274 e. The van der Waals surface area contributed by atoms with Gasteiger partial charge in [0.25, 0.3) is 5.91 Å². The van der Waals surface area contributed by atoms with Crippen molar-refractivity contribution in [3.63, 3.8) is 0 Å². The van der Waals surface area contributed by atoms with E-state index in [0.717, 1.165) is 38.8 Å². The monoisotopic (exact) mass is 440 g/mol. The number of carbonyl (C=O) groups is 1. The van der Waals surface area contributed by atoms with Crippen molar-refractivity contribution in [3.8, 4) is 5.75 Å². The zero-order valence-electron chi connectivity index (χ0n) is 17.8. The number of amides is 1. The summed E-state index contributed by atoms with van der Waals surface area (Å²) in [6.07, 6.45) is 3.57. The molecular formula is C24H26F2N4O2. The van der Waals surface area contributed by atoms with E-state index in [-0.39, 0.29) is 23.6 Å². The summed E-state index contributed by atoms with van der Waals surface area (Å²) in [5, 5.41) is 7.54. The predicted octanol–water partition coefficient (Wildman–Crippen LogP) is 3.99. The summed E-state index contributed by atoms with van der Waals surface area (Å²) in [6.45, 7) is 3.16. The number of hydrogen-bond donors (Lipinski definition) is 1. The van der Waals surface area contributed by atoms with Crippen molar-refractivity contribution < 1.29 is 18.3 Å². The van der Waals surface area contributed by atoms with Gasteiger partial charge in [0.15, 0.2) is 17.3 Å². The van der Waals surface area contributed by atoms with Crippen LogP contribution in [-0.4, -0.2) is 64.2 Å². The largest absolute Gasteiger partial charge is 0.487 e. The van der Waals surface area contributed by atoms with Crippen LogP contribution in [-0.2, 0) is 0 Å². The van der Waals surface area contributed by atoms with Crippen LogP contribution in [0.25, 0.3) is 10.9 Å². The lowest BCUT2D eigenvalue weighted by Gasteiger charge is -2.41. The Morgan fingerprint density at radius 2 is 1.75 bits per heavy atom. The third-order valence-electron chi connectivity index (χ3n) is 6.60. The van der Waals surface area contributed by atoms with Crippen LogP contribution in [0.4, 0.5) is 8.78 Å². The zero-order valence-corrected chi connectivity index (χ0v) is 17.8. The molecule has 0 unspecified atom stereocenters. The number of aromatic nitrogens is 2. The van der Waals surface area contributed by atoms with E-state index in [0.29, 0.717) is 41.5 Å². The van der Waals surface area contributed by atoms with E-state index in [4.69, 9.17) is 4.74 Å². The van der Waals surface area contributed by atoms with Gasteiger partial charge >= 0.3 is 0 Å². The van der Waals surface area contributed by atoms with E-state index in [2.05, 4.69) is 15.1 Å². The third-order valence-corrected chi connectivity index (χ3v) is 6.60. The Kier molecular flexibility index (Phi) is 5.78. The minimum absolute atomic E-state index is 0.0302. The molecule has 1 amide bonds. The van der Waals surface area contributed by atoms with E-state index in [1.165, 1.54) is 18.2 Å². The lowest BCUT2D eigenvalue weighted by atomic mass is 9.98. The van der Waals surface area contributed by atoms with Crippen molar-refractivity contribution in [2.75, 3.05) is 26.2 Å². The summed E-state index contributed by atoms with van der Waals surface area (Å²) in [5.74, 6) is -0.462. The second-order valence-corrected chi connectivity index (χ2v) is 8.57. The molecule has 0 bridgehead atoms. The number of benzene rings is 2. The molecule has 3 heterocycles. The van der Waals surface area contributed by atoms with Crippen LogP contribution in [0.15, 0.2) is 42.5 Å². The number of nitrogens with zero attached hydrogens (tertiary/aromatic N) is 3. The fraction of sp³-hybridized carbons (Fsp3) is 0.417. The molecular weight excluding hydrogens is 414 g/mol. The minimum atomic E-state index is -0.357. The molecule has 0 saturated carbocycles. The number of carbonyl (C=O) groups excluding carboxylic acids is 1. The first-order chi connectivity index (χ1) is 15.6. The van der Waals surface area contributed by atoms with E-state index in [1.807, 2.05) is 4.90 Å². The third kappa shape index (κ3) is 4.19. The molecule has 2 saturated heterocycles. The van der Waals surface area contributed by atoms with E-state index >= 15 is 0 Å². The topological polar surface area (TPSA) is 61.5 Å². The van der Waals surface area contributed by atoms with Crippen LogP contribution in [0.5, 0.6) is 5.75 Å². The lowest BCUT2D eigenvalue weighted by Crippen LogP contribution is -2.50. The normalized spacial score (nSPS) is 18.9. The molecule has 2 aromatic carbocycles. The number of halogens is 2. The average molecular weight is 440 g/mol. The molecule has 1 aromatic heterocycles. The highest BCUT2D eigenvalue weighted by Crippen LogP contribution is 2.26. The number of hydrogen-bond acceptors (Lipinski definition) is 4. The first-order valence-corrected chi connectivity index (χ1v) is 11.2. The Bertz CT molecular complexity index is 1100. The second-order valence-electron chi connectivity index (χ2n) is 8.57. The second kappa shape index (κ2) is 8.86. The molecule has 5 rings (SSSR count). The first-order valence-electron chi connectivity index (χ1n) is 11.2. The Morgan fingerprint density at radius 3 is 2.50 bits per heavy atom. The Morgan fingerprint density at radius 1 is 1.00 bits per heavy atom. The van der Waals surface area contributed by atoms with Crippen molar-refractivity contribution in [2.24, 2.45) is 0 Å². The van der Waals surface area contributed by atoms with Gasteiger partial charge in [-0.15, -0.1) is 0 Å². The summed E-state index contributed by atoms with van der Waals surface area (Å²) >= 11 is 0. The average Bonchev–Trinajstić information content (AvgIpc) is 3.24. The molecule has 0 atom stereocenters. The van der Waals surface area contributed by atoms with Gasteiger partial charge in [-0.05, 0) is 56.0 Å². The summed E-state index contributed by atoms with van der Waals surface area (Å²) in [4.78, 5) is 17.3. The van der Waals surface area contributed by atoms with E-state index in [1.54, 1.807) is 24.3 Å². The molecule has 6 nitrogen and oxygen atoms in total. The fourth-order valence-electron chi connectivity index (χ4n) is 4.82. The van der Waals surface area contributed by atoms with Gasteiger partial charge in [-0.3, -0.25) is 14.8 Å². The van der Waals surface area contributed by atoms with Crippen LogP contribution < -0.4 is 4.74 Å². The number of likely N-dealkylation sites (tertiary alicyclic amines) is 2. The molecule has 2 aliphatic rings. The quantitative estimate of drug-likeness (QED) is 0.667. The summed E-state index contributed by atoms with van der Waals surface area (Å²) in [5.41, 5.74) is 0.883. The van der Waals surface area contributed by atoms with Crippen molar-refractivity contribution in [1.29, 1.82) is 0 Å². The van der Waals surface area contributed by atoms with Gasteiger partial charge in [0.05, 0.1) is 5.52 Å². The van der Waals surface area contributed by atoms with Gasteiger partial charge in [0, 0.05) is 37.6 Å². The number of H-pyrrole nitrogens is 1. The number of para-hydroxylation sites is 1. The van der Waals surface area contributed by atoms with E-state index < -0.39 is 0 Å². The lowest BCUT2D eigenvalue weighted by molar-refractivity contribution is 0.0415. The van der Waals surface area contributed by atoms with Crippen molar-refractivity contribution in [3.05, 3.63) is 59.8 Å². The highest BCUT2D eigenvalue weighted by atomic mass is 19.1. The number of piperidine rings is 2. The van der Waals surface area contributed by atoms with Gasteiger partial charge in [-0.2, -0.15) is 5.10 Å². The van der Waals surface area contributed by atoms with Gasteiger partial charge in [-0.25, -0.2) is 8.78 Å². The fourth-order valence-corrected chi connectivity index (χ4v) is 4.82. The van der Waals surface area contributed by atoms with E-state index in [9.17, 15) is 13.6 Å². The predicted molar refractivity (Wildman–Crippen MR) is 117 cm³/mol. The summed E-state index contributed by atoms with van der Waals surface area (Å²) in [7, 11) is 0. The van der Waals surface area contributed by atoms with Crippen LogP contribution in [0.1, 0.15) is 36.2 Å². The number of nitrogens with one attached hydrogen (secondary N) is 1. The number of ether oxygens (including phenoxy) is 1. The smallest absolute Gasteiger partial charge is 0.274 e. The number of rotatable bonds is 4. The molecule has 32 heavy (non-hydrogen) atoms. The van der Waals surface area contributed by atoms with Crippen molar-refractivity contribution >= 4 is 16.8 Å². The van der Waals surface area contributed by atoms with Crippen molar-refractivity contribution in [2.45, 2.75) is 37.8 Å². The van der Waals surface area contributed by atoms with Gasteiger partial charge in [0.1, 0.15) is 11.9 Å². The molecule has 8 heteroatoms. The summed E-state index contributed by atoms with van der Waals surface area (Å²) in [6, 6.07) is 11.3. The summed E-state index contributed by atoms with van der Waals surface area (Å²) < 4.78 is 33.1. The van der Waals surface area contributed by atoms with Gasteiger partial charge in [-0.1, -0.05) is 12.1 Å². The molecule has 0 aliphatic carbocycles. The highest BCUT2D eigenvalue weighted by Gasteiger charge is 2.31. The highest BCUT2D eigenvalue weighted by molar-refractivity contribution is 6.04. The molecule has 2 fully saturated rings. The number of fused-ring (bicyclic) bond motifs is 1. The van der Waals surface area contributed by atoms with Crippen LogP contribution >= 0.6 is 0 Å². The SMILES string of the molecule is O=C(c1n[nH]c2cc(F)ccc12)N1CCC(N2CCC(Oc3ccccc3F)CC2)CC1. The molecule has 0 radical (unpaired) electrons. The van der Waals surface area contributed by atoms with Gasteiger partial charge in [0.2, 0.25) is 0 Å². The Labute approximate surface area is 185 Å². The van der Waals surface area contributed by atoms with Crippen LogP contribution in [0, 0.1) is 11.6 Å². The standard InChI is InChI=1S/C24H26F2N4O2/c25-16-5-6-19-21(15-16)27-28-23(19)24(31)30-11-7-17(8-12-30)29-13-9-18(10-14-29)32-22-4-2-1-3-20(22)26/h1-6,15,17-18H,7-14H2,(H,27,28). The maximum atomic E-state index is 13.8. The number of aromatic amines is 1. The Hall–Kier alpha value is -3.00. The molecule has 0 spiro atoms. The Balaban J connectivity index is 1.13. The molecule has 2 aliphatic heterocycles. The molecule has 168 valence electrons. The van der Waals surface area contributed by atoms with Gasteiger partial charge < -0.3 is 9.64 Å².